The van der Waals surface area contributed by atoms with Crippen LogP contribution in [0.2, 0.25) is 10.0 Å². The van der Waals surface area contributed by atoms with Crippen LogP contribution < -0.4 is 0 Å². The van der Waals surface area contributed by atoms with Gasteiger partial charge in [-0.25, -0.2) is 8.42 Å². The van der Waals surface area contributed by atoms with Crippen LogP contribution >= 0.6 is 23.2 Å². The van der Waals surface area contributed by atoms with E-state index in [-0.39, 0.29) is 21.0 Å². The number of aromatic hydroxyl groups is 1. The molecule has 0 radical (unpaired) electrons. The van der Waals surface area contributed by atoms with Crippen LogP contribution in [0.15, 0.2) is 47.4 Å². The highest BCUT2D eigenvalue weighted by atomic mass is 35.5. The molecule has 0 bridgehead atoms. The fraction of sp³-hybridized carbons (Fsp3) is 0.333. The fourth-order valence-electron chi connectivity index (χ4n) is 3.15. The summed E-state index contributed by atoms with van der Waals surface area (Å²) in [6, 6.07) is 12.9. The number of hydrogen-bond acceptors (Lipinski definition) is 4. The Morgan fingerprint density at radius 2 is 1.65 bits per heavy atom. The Morgan fingerprint density at radius 1 is 1.04 bits per heavy atom. The lowest BCUT2D eigenvalue weighted by molar-refractivity contribution is 0.145. The Hall–Kier alpha value is -1.31. The number of benzene rings is 2. The van der Waals surface area contributed by atoms with E-state index < -0.39 is 15.8 Å². The summed E-state index contributed by atoms with van der Waals surface area (Å²) in [5.41, 5.74) is 1.20. The maximum atomic E-state index is 12.9. The van der Waals surface area contributed by atoms with Crippen molar-refractivity contribution in [2.24, 2.45) is 0 Å². The molecule has 5 nitrogen and oxygen atoms in total. The van der Waals surface area contributed by atoms with Gasteiger partial charge in [-0.3, -0.25) is 4.90 Å². The second-order valence-corrected chi connectivity index (χ2v) is 9.01. The summed E-state index contributed by atoms with van der Waals surface area (Å²) >= 11 is 11.8. The minimum absolute atomic E-state index is 0.0765. The van der Waals surface area contributed by atoms with Gasteiger partial charge in [0.2, 0.25) is 10.0 Å². The largest absolute Gasteiger partial charge is 0.505 e. The first-order valence-electron chi connectivity index (χ1n) is 8.28. The Bertz CT molecular complexity index is 883. The van der Waals surface area contributed by atoms with Crippen LogP contribution in [0.25, 0.3) is 0 Å². The maximum Gasteiger partial charge on any atom is 0.246 e. The lowest BCUT2D eigenvalue weighted by atomic mass is 10.1. The standard InChI is InChI=1S/C18H20Cl2N2O3S/c1-13(14-5-3-2-4-6-14)21-7-9-22(10-8-21)26(24,25)17-12-15(19)11-16(20)18(17)23/h2-6,11-13,23H,7-10H2,1H3. The van der Waals surface area contributed by atoms with Crippen LogP contribution in [-0.4, -0.2) is 48.9 Å². The molecule has 1 aliphatic heterocycles. The zero-order valence-corrected chi connectivity index (χ0v) is 16.6. The van der Waals surface area contributed by atoms with Crippen LogP contribution in [0.1, 0.15) is 18.5 Å². The van der Waals surface area contributed by atoms with E-state index in [0.717, 1.165) is 0 Å². The molecule has 8 heteroatoms. The highest BCUT2D eigenvalue weighted by molar-refractivity contribution is 7.89. The second kappa shape index (κ2) is 7.74. The second-order valence-electron chi connectivity index (χ2n) is 6.26. The van der Waals surface area contributed by atoms with E-state index in [0.29, 0.717) is 26.2 Å². The molecular formula is C18H20Cl2N2O3S. The molecule has 1 unspecified atom stereocenters. The third kappa shape index (κ3) is 3.85. The Morgan fingerprint density at radius 3 is 2.27 bits per heavy atom. The molecule has 1 atom stereocenters. The third-order valence-electron chi connectivity index (χ3n) is 4.71. The monoisotopic (exact) mass is 414 g/mol. The first kappa shape index (κ1) is 19.5. The molecule has 1 fully saturated rings. The number of halogens is 2. The summed E-state index contributed by atoms with van der Waals surface area (Å²) < 4.78 is 27.1. The van der Waals surface area contributed by atoms with Crippen molar-refractivity contribution in [2.45, 2.75) is 17.9 Å². The average Bonchev–Trinajstić information content (AvgIpc) is 2.64. The fourth-order valence-corrected chi connectivity index (χ4v) is 5.32. The molecule has 0 aromatic heterocycles. The first-order chi connectivity index (χ1) is 12.3. The van der Waals surface area contributed by atoms with Crippen molar-refractivity contribution in [1.29, 1.82) is 0 Å². The molecule has 1 saturated heterocycles. The first-order valence-corrected chi connectivity index (χ1v) is 10.5. The van der Waals surface area contributed by atoms with Crippen molar-refractivity contribution in [3.8, 4) is 5.75 Å². The van der Waals surface area contributed by atoms with Gasteiger partial charge in [0.25, 0.3) is 0 Å². The molecule has 1 heterocycles. The topological polar surface area (TPSA) is 60.9 Å². The Kier molecular flexibility index (Phi) is 5.79. The molecule has 0 saturated carbocycles. The van der Waals surface area contributed by atoms with Gasteiger partial charge in [0.15, 0.2) is 5.75 Å². The third-order valence-corrected chi connectivity index (χ3v) is 7.13. The highest BCUT2D eigenvalue weighted by Gasteiger charge is 2.32. The van der Waals surface area contributed by atoms with Crippen LogP contribution in [0, 0.1) is 0 Å². The van der Waals surface area contributed by atoms with E-state index in [1.807, 2.05) is 18.2 Å². The van der Waals surface area contributed by atoms with E-state index in [9.17, 15) is 13.5 Å². The average molecular weight is 415 g/mol. The van der Waals surface area contributed by atoms with Crippen molar-refractivity contribution >= 4 is 33.2 Å². The summed E-state index contributed by atoms with van der Waals surface area (Å²) in [6.45, 7) is 3.99. The highest BCUT2D eigenvalue weighted by Crippen LogP contribution is 2.36. The molecular weight excluding hydrogens is 395 g/mol. The molecule has 0 spiro atoms. The van der Waals surface area contributed by atoms with Crippen molar-refractivity contribution in [3.63, 3.8) is 0 Å². The zero-order valence-electron chi connectivity index (χ0n) is 14.3. The molecule has 3 rings (SSSR count). The van der Waals surface area contributed by atoms with Gasteiger partial charge in [0.05, 0.1) is 5.02 Å². The van der Waals surface area contributed by atoms with Gasteiger partial charge in [0.1, 0.15) is 4.90 Å². The van der Waals surface area contributed by atoms with Crippen molar-refractivity contribution in [3.05, 3.63) is 58.1 Å². The molecule has 1 N–H and O–H groups in total. The van der Waals surface area contributed by atoms with Crippen molar-refractivity contribution in [2.75, 3.05) is 26.2 Å². The van der Waals surface area contributed by atoms with E-state index >= 15 is 0 Å². The number of hydrogen-bond donors (Lipinski definition) is 1. The van der Waals surface area contributed by atoms with Crippen LogP contribution in [0.4, 0.5) is 0 Å². The van der Waals surface area contributed by atoms with Crippen molar-refractivity contribution in [1.82, 2.24) is 9.21 Å². The van der Waals surface area contributed by atoms with Gasteiger partial charge < -0.3 is 5.11 Å². The van der Waals surface area contributed by atoms with E-state index in [1.54, 1.807) is 0 Å². The van der Waals surface area contributed by atoms with Crippen LogP contribution in [-0.2, 0) is 10.0 Å². The van der Waals surface area contributed by atoms with Gasteiger partial charge in [-0.15, -0.1) is 0 Å². The predicted molar refractivity (Wildman–Crippen MR) is 103 cm³/mol. The molecule has 2 aromatic carbocycles. The molecule has 0 aliphatic carbocycles. The predicted octanol–water partition coefficient (Wildman–Crippen LogP) is 3.77. The summed E-state index contributed by atoms with van der Waals surface area (Å²) in [4.78, 5) is 1.99. The van der Waals surface area contributed by atoms with Gasteiger partial charge in [0, 0.05) is 37.2 Å². The summed E-state index contributed by atoms with van der Waals surface area (Å²) in [6.07, 6.45) is 0. The van der Waals surface area contributed by atoms with E-state index in [2.05, 4.69) is 24.0 Å². The van der Waals surface area contributed by atoms with Crippen molar-refractivity contribution < 1.29 is 13.5 Å². The quantitative estimate of drug-likeness (QED) is 0.826. The van der Waals surface area contributed by atoms with Gasteiger partial charge in [-0.1, -0.05) is 53.5 Å². The number of phenols is 1. The summed E-state index contributed by atoms with van der Waals surface area (Å²) in [7, 11) is -3.86. The maximum absolute atomic E-state index is 12.9. The zero-order chi connectivity index (χ0) is 18.9. The molecule has 2 aromatic rings. The number of phenolic OH excluding ortho intramolecular Hbond substituents is 1. The van der Waals surface area contributed by atoms with Crippen LogP contribution in [0.3, 0.4) is 0 Å². The summed E-state index contributed by atoms with van der Waals surface area (Å²) in [5, 5.41) is 10.2. The minimum atomic E-state index is -3.86. The van der Waals surface area contributed by atoms with E-state index in [4.69, 9.17) is 23.2 Å². The van der Waals surface area contributed by atoms with E-state index in [1.165, 1.54) is 22.0 Å². The Balaban J connectivity index is 1.75. The van der Waals surface area contributed by atoms with Gasteiger partial charge in [-0.05, 0) is 24.6 Å². The number of rotatable bonds is 4. The molecule has 140 valence electrons. The smallest absolute Gasteiger partial charge is 0.246 e. The molecule has 26 heavy (non-hydrogen) atoms. The SMILES string of the molecule is CC(c1ccccc1)N1CCN(S(=O)(=O)c2cc(Cl)cc(Cl)c2O)CC1. The minimum Gasteiger partial charge on any atom is -0.505 e. The number of piperazine rings is 1. The molecule has 0 amide bonds. The lowest BCUT2D eigenvalue weighted by Gasteiger charge is -2.37. The van der Waals surface area contributed by atoms with Gasteiger partial charge >= 0.3 is 0 Å². The summed E-state index contributed by atoms with van der Waals surface area (Å²) in [5.74, 6) is -0.462. The lowest BCUT2D eigenvalue weighted by Crippen LogP contribution is -2.49. The van der Waals surface area contributed by atoms with Gasteiger partial charge in [-0.2, -0.15) is 4.31 Å². The number of sulfonamides is 1. The van der Waals surface area contributed by atoms with Crippen LogP contribution in [0.5, 0.6) is 5.75 Å². The number of nitrogens with zero attached hydrogens (tertiary/aromatic N) is 2. The Labute approximate surface area is 163 Å². The molecule has 1 aliphatic rings. The normalized spacial score (nSPS) is 18.0.